The maximum Gasteiger partial charge on any atom is 0.103 e. The van der Waals surface area contributed by atoms with E-state index in [0.29, 0.717) is 12.5 Å². The highest BCUT2D eigenvalue weighted by Crippen LogP contribution is 2.66. The van der Waals surface area contributed by atoms with Gasteiger partial charge < -0.3 is 9.84 Å². The van der Waals surface area contributed by atoms with Crippen LogP contribution < -0.4 is 0 Å². The number of hydrogen-bond acceptors (Lipinski definition) is 2. The lowest BCUT2D eigenvalue weighted by Gasteiger charge is -2.34. The van der Waals surface area contributed by atoms with Crippen LogP contribution in [0.3, 0.4) is 0 Å². The summed E-state index contributed by atoms with van der Waals surface area (Å²) in [5.41, 5.74) is 0.370. The Hall–Kier alpha value is -0.0800. The van der Waals surface area contributed by atoms with E-state index in [1.165, 1.54) is 44.9 Å². The summed E-state index contributed by atoms with van der Waals surface area (Å²) in [6.45, 7) is 0.335. The zero-order valence-corrected chi connectivity index (χ0v) is 8.09. The molecule has 13 heavy (non-hydrogen) atoms. The molecule has 0 amide bonds. The molecule has 0 aromatic carbocycles. The van der Waals surface area contributed by atoms with E-state index in [1.807, 2.05) is 0 Å². The first kappa shape index (κ1) is 8.25. The van der Waals surface area contributed by atoms with Crippen molar-refractivity contribution in [3.05, 3.63) is 0 Å². The normalized spacial score (nSPS) is 53.8. The third-order valence-electron chi connectivity index (χ3n) is 4.50. The summed E-state index contributed by atoms with van der Waals surface area (Å²) in [5.74, 6) is 0.446. The van der Waals surface area contributed by atoms with Crippen molar-refractivity contribution < 1.29 is 9.84 Å². The Morgan fingerprint density at radius 1 is 1.15 bits per heavy atom. The minimum Gasteiger partial charge on any atom is -0.396 e. The molecule has 3 unspecified atom stereocenters. The Bertz CT molecular complexity index is 224. The monoisotopic (exact) mass is 182 g/mol. The van der Waals surface area contributed by atoms with Crippen LogP contribution in [0.5, 0.6) is 0 Å². The van der Waals surface area contributed by atoms with Gasteiger partial charge in [-0.2, -0.15) is 0 Å². The molecular weight excluding hydrogens is 164 g/mol. The largest absolute Gasteiger partial charge is 0.396 e. The standard InChI is InChI=1S/C11H18O2/c12-8-9-4-3-6-10-5-1-2-7-11(9,10)13-10/h9,12H,1-8H2. The van der Waals surface area contributed by atoms with Gasteiger partial charge in [0.25, 0.3) is 0 Å². The summed E-state index contributed by atoms with van der Waals surface area (Å²) in [6.07, 6.45) is 8.79. The van der Waals surface area contributed by atoms with Crippen molar-refractivity contribution in [2.24, 2.45) is 5.92 Å². The summed E-state index contributed by atoms with van der Waals surface area (Å²) in [6, 6.07) is 0. The summed E-state index contributed by atoms with van der Waals surface area (Å²) in [4.78, 5) is 0. The van der Waals surface area contributed by atoms with Crippen molar-refractivity contribution in [2.45, 2.75) is 56.1 Å². The average molecular weight is 182 g/mol. The first-order valence-electron chi connectivity index (χ1n) is 5.64. The molecule has 3 atom stereocenters. The maximum atomic E-state index is 9.34. The summed E-state index contributed by atoms with van der Waals surface area (Å²) < 4.78 is 6.06. The van der Waals surface area contributed by atoms with Crippen molar-refractivity contribution in [1.29, 1.82) is 0 Å². The molecular formula is C11H18O2. The van der Waals surface area contributed by atoms with Crippen LogP contribution >= 0.6 is 0 Å². The lowest BCUT2D eigenvalue weighted by Crippen LogP contribution is -2.41. The lowest BCUT2D eigenvalue weighted by molar-refractivity contribution is 0.112. The highest BCUT2D eigenvalue weighted by atomic mass is 16.6. The highest BCUT2D eigenvalue weighted by Gasteiger charge is 2.73. The number of hydrogen-bond donors (Lipinski definition) is 1. The van der Waals surface area contributed by atoms with Crippen LogP contribution in [0, 0.1) is 5.92 Å². The molecule has 74 valence electrons. The minimum atomic E-state index is 0.137. The van der Waals surface area contributed by atoms with Gasteiger partial charge in [-0.25, -0.2) is 0 Å². The van der Waals surface area contributed by atoms with Crippen molar-refractivity contribution in [1.82, 2.24) is 0 Å². The van der Waals surface area contributed by atoms with Gasteiger partial charge in [-0.05, 0) is 32.1 Å². The quantitative estimate of drug-likeness (QED) is 0.628. The molecule has 0 radical (unpaired) electrons. The molecule has 1 saturated heterocycles. The predicted octanol–water partition coefficient (Wildman–Crippen LogP) is 1.86. The van der Waals surface area contributed by atoms with Crippen LogP contribution in [-0.4, -0.2) is 22.9 Å². The Balaban J connectivity index is 1.89. The van der Waals surface area contributed by atoms with Crippen molar-refractivity contribution in [2.75, 3.05) is 6.61 Å². The van der Waals surface area contributed by atoms with Crippen molar-refractivity contribution in [3.8, 4) is 0 Å². The molecule has 0 aromatic heterocycles. The van der Waals surface area contributed by atoms with Gasteiger partial charge in [0.15, 0.2) is 0 Å². The summed E-state index contributed by atoms with van der Waals surface area (Å²) in [7, 11) is 0. The second-order valence-corrected chi connectivity index (χ2v) is 4.96. The fraction of sp³-hybridized carbons (Fsp3) is 1.00. The molecule has 0 aromatic rings. The Morgan fingerprint density at radius 2 is 1.92 bits per heavy atom. The fourth-order valence-electron chi connectivity index (χ4n) is 3.82. The smallest absolute Gasteiger partial charge is 0.103 e. The zero-order chi connectivity index (χ0) is 8.94. The van der Waals surface area contributed by atoms with Crippen LogP contribution in [0.2, 0.25) is 0 Å². The molecule has 3 aliphatic rings. The van der Waals surface area contributed by atoms with E-state index >= 15 is 0 Å². The van der Waals surface area contributed by atoms with Gasteiger partial charge in [0, 0.05) is 12.5 Å². The highest BCUT2D eigenvalue weighted by molar-refractivity contribution is 5.22. The van der Waals surface area contributed by atoms with Crippen molar-refractivity contribution in [3.63, 3.8) is 0 Å². The molecule has 2 heteroatoms. The third kappa shape index (κ3) is 0.861. The van der Waals surface area contributed by atoms with Gasteiger partial charge in [0.2, 0.25) is 0 Å². The molecule has 2 nitrogen and oxygen atoms in total. The molecule has 3 rings (SSSR count). The van der Waals surface area contributed by atoms with E-state index in [1.54, 1.807) is 0 Å². The van der Waals surface area contributed by atoms with Crippen LogP contribution in [0.4, 0.5) is 0 Å². The van der Waals surface area contributed by atoms with Gasteiger partial charge in [-0.1, -0.05) is 12.8 Å². The zero-order valence-electron chi connectivity index (χ0n) is 8.09. The number of aliphatic hydroxyl groups excluding tert-OH is 1. The van der Waals surface area contributed by atoms with Gasteiger partial charge in [0.1, 0.15) is 5.60 Å². The molecule has 3 fully saturated rings. The number of epoxide rings is 1. The first-order valence-corrected chi connectivity index (χ1v) is 5.64. The molecule has 1 aliphatic heterocycles. The van der Waals surface area contributed by atoms with Crippen LogP contribution in [0.25, 0.3) is 0 Å². The molecule has 2 aliphatic carbocycles. The molecule has 1 N–H and O–H groups in total. The first-order chi connectivity index (χ1) is 6.33. The molecule has 0 spiro atoms. The Kier molecular flexibility index (Phi) is 1.58. The van der Waals surface area contributed by atoms with E-state index in [4.69, 9.17) is 4.74 Å². The summed E-state index contributed by atoms with van der Waals surface area (Å²) >= 11 is 0. The minimum absolute atomic E-state index is 0.137. The van der Waals surface area contributed by atoms with E-state index in [-0.39, 0.29) is 11.2 Å². The maximum absolute atomic E-state index is 9.34. The Labute approximate surface area is 79.3 Å². The molecule has 0 bridgehead atoms. The van der Waals surface area contributed by atoms with Crippen LogP contribution in [0.15, 0.2) is 0 Å². The van der Waals surface area contributed by atoms with E-state index < -0.39 is 0 Å². The van der Waals surface area contributed by atoms with Gasteiger partial charge in [-0.3, -0.25) is 0 Å². The topological polar surface area (TPSA) is 32.8 Å². The van der Waals surface area contributed by atoms with Crippen molar-refractivity contribution >= 4 is 0 Å². The SMILES string of the molecule is OCC1CCCC23CCCCC12O3. The number of aliphatic hydroxyl groups is 1. The molecule has 2 saturated carbocycles. The third-order valence-corrected chi connectivity index (χ3v) is 4.50. The second kappa shape index (κ2) is 2.48. The van der Waals surface area contributed by atoms with Crippen LogP contribution in [-0.2, 0) is 4.74 Å². The Morgan fingerprint density at radius 3 is 2.77 bits per heavy atom. The fourth-order valence-corrected chi connectivity index (χ4v) is 3.82. The van der Waals surface area contributed by atoms with E-state index in [0.717, 1.165) is 0 Å². The van der Waals surface area contributed by atoms with Gasteiger partial charge in [-0.15, -0.1) is 0 Å². The van der Waals surface area contributed by atoms with E-state index in [9.17, 15) is 5.11 Å². The number of ether oxygens (including phenoxy) is 1. The van der Waals surface area contributed by atoms with Gasteiger partial charge >= 0.3 is 0 Å². The lowest BCUT2D eigenvalue weighted by atomic mass is 9.66. The average Bonchev–Trinajstić information content (AvgIpc) is 2.86. The number of rotatable bonds is 1. The predicted molar refractivity (Wildman–Crippen MR) is 49.4 cm³/mol. The van der Waals surface area contributed by atoms with Gasteiger partial charge in [0.05, 0.1) is 5.60 Å². The molecule has 1 heterocycles. The summed E-state index contributed by atoms with van der Waals surface area (Å²) in [5, 5.41) is 9.34. The van der Waals surface area contributed by atoms with Crippen LogP contribution in [0.1, 0.15) is 44.9 Å². The van der Waals surface area contributed by atoms with E-state index in [2.05, 4.69) is 0 Å². The second-order valence-electron chi connectivity index (χ2n) is 4.96.